The molecule has 4 heterocycles. The van der Waals surface area contributed by atoms with Gasteiger partial charge in [0.05, 0.1) is 37.6 Å². The fourth-order valence-corrected chi connectivity index (χ4v) is 14.5. The highest BCUT2D eigenvalue weighted by atomic mass is 16.6. The predicted molar refractivity (Wildman–Crippen MR) is 420 cm³/mol. The Bertz CT molecular complexity index is 3600. The smallest absolute Gasteiger partial charge is 0.329 e. The van der Waals surface area contributed by atoms with Gasteiger partial charge in [-0.25, -0.2) is 4.79 Å². The van der Waals surface area contributed by atoms with E-state index >= 15 is 0 Å². The van der Waals surface area contributed by atoms with Crippen LogP contribution in [-0.2, 0) is 76.7 Å². The number of carbonyl (C=O) groups excluding carboxylic acids is 15. The van der Waals surface area contributed by atoms with E-state index in [2.05, 4.69) is 53.2 Å². The number of aliphatic hydroxyl groups is 9. The van der Waals surface area contributed by atoms with Gasteiger partial charge in [-0.3, -0.25) is 67.1 Å². The van der Waals surface area contributed by atoms with E-state index in [-0.39, 0.29) is 95.6 Å². The van der Waals surface area contributed by atoms with E-state index in [1.54, 1.807) is 62.3 Å². The lowest BCUT2D eigenvalue weighted by Crippen LogP contribution is -2.68. The molecule has 666 valence electrons. The first-order valence-corrected chi connectivity index (χ1v) is 40.4. The fraction of sp³-hybridized carbons (Fsp3) is 0.808. The van der Waals surface area contributed by atoms with Gasteiger partial charge in [-0.2, -0.15) is 0 Å². The van der Waals surface area contributed by atoms with Crippen LogP contribution in [0.2, 0.25) is 0 Å². The average Bonchev–Trinajstić information content (AvgIpc) is 1.05. The second kappa shape index (κ2) is 41.1. The fourth-order valence-electron chi connectivity index (χ4n) is 14.5. The Hall–Kier alpha value is -8.31. The molecule has 0 bridgehead atoms. The number of rotatable bonds is 40. The summed E-state index contributed by atoms with van der Waals surface area (Å²) in [6.07, 6.45) is -14.1. The number of nitrogens with zero attached hydrogens (tertiary/aromatic N) is 4. The van der Waals surface area contributed by atoms with Crippen molar-refractivity contribution in [1.29, 1.82) is 0 Å². The summed E-state index contributed by atoms with van der Waals surface area (Å²) in [4.78, 5) is 218. The first-order valence-electron chi connectivity index (χ1n) is 40.4. The summed E-state index contributed by atoms with van der Waals surface area (Å²) in [7, 11) is 0. The van der Waals surface area contributed by atoms with Gasteiger partial charge in [0.2, 0.25) is 82.7 Å². The molecule has 0 aromatic rings. The summed E-state index contributed by atoms with van der Waals surface area (Å²) in [6.45, 7) is 27.9. The van der Waals surface area contributed by atoms with Gasteiger partial charge in [-0.1, -0.05) is 75.7 Å². The van der Waals surface area contributed by atoms with Crippen molar-refractivity contribution < 1.29 is 123 Å². The molecule has 4 aliphatic heterocycles. The van der Waals surface area contributed by atoms with Gasteiger partial charge in [-0.15, -0.1) is 0 Å². The van der Waals surface area contributed by atoms with E-state index in [1.807, 2.05) is 0 Å². The minimum absolute atomic E-state index is 0.0275. The third kappa shape index (κ3) is 25.2. The lowest BCUT2D eigenvalue weighted by atomic mass is 9.92. The number of amides is 14. The van der Waals surface area contributed by atoms with Gasteiger partial charge in [0.25, 0.3) is 0 Å². The number of β-amino-alcohol motifs (C(OH)–C–C–N with tert-alkyl or cyclic N) is 4. The summed E-state index contributed by atoms with van der Waals surface area (Å²) >= 11 is 0. The van der Waals surface area contributed by atoms with E-state index in [9.17, 15) is 118 Å². The minimum atomic E-state index is -2.08. The van der Waals surface area contributed by atoms with E-state index in [4.69, 9.17) is 4.74 Å². The predicted octanol–water partition coefficient (Wildman–Crippen LogP) is -4.75. The Morgan fingerprint density at radius 2 is 0.744 bits per heavy atom. The number of ether oxygens (including phenoxy) is 1. The highest BCUT2D eigenvalue weighted by molar-refractivity contribution is 6.04. The van der Waals surface area contributed by atoms with Crippen LogP contribution in [0.25, 0.3) is 0 Å². The Morgan fingerprint density at radius 3 is 1.09 bits per heavy atom. The molecule has 117 heavy (non-hydrogen) atoms. The second-order valence-electron chi connectivity index (χ2n) is 35.2. The van der Waals surface area contributed by atoms with Gasteiger partial charge >= 0.3 is 5.97 Å². The van der Waals surface area contributed by atoms with E-state index in [0.717, 1.165) is 19.6 Å². The van der Waals surface area contributed by atoms with Crippen LogP contribution in [0.15, 0.2) is 0 Å². The number of esters is 1. The number of hydrogen-bond acceptors (Lipinski definition) is 25. The van der Waals surface area contributed by atoms with Crippen molar-refractivity contribution in [2.24, 2.45) is 17.8 Å². The van der Waals surface area contributed by atoms with Crippen molar-refractivity contribution in [3.8, 4) is 0 Å². The number of carbonyl (C=O) groups is 15. The molecule has 20 atom stereocenters. The van der Waals surface area contributed by atoms with Crippen LogP contribution in [0.5, 0.6) is 0 Å². The van der Waals surface area contributed by atoms with Crippen LogP contribution in [-0.4, -0.2) is 324 Å². The summed E-state index contributed by atoms with van der Waals surface area (Å²) in [5, 5.41) is 120. The Labute approximate surface area is 684 Å². The highest BCUT2D eigenvalue weighted by Crippen LogP contribution is 2.31. The summed E-state index contributed by atoms with van der Waals surface area (Å²) < 4.78 is 5.32. The van der Waals surface area contributed by atoms with E-state index in [1.165, 1.54) is 83.1 Å². The maximum absolute atomic E-state index is 14.9. The number of likely N-dealkylation sites (tertiary alicyclic amines) is 4. The standard InChI is InChI=1S/C78H134N14O25/c1-22-41(10)55(64(109)117-57(54(101)38-94)56(102)53(100)37-93)81-66(111)75(18,23-2)86-63(108)52-32-45(98)34-90(52)69(114)74(16,17)87-67(112)76(19,24-3)88-65(110)72(12,13)83-62(107)51-31-46(99)36-92(51)71(116)78(21,26-5)85-59(104)48(28-40(8)9)80-61(106)50-30-44(97)35-91(50)70(115)77(20,25-4)84-58(103)47(27-39(6)7)79-60(105)49-29-43(96)33-89(49)68(113)73(14,15)82-42(11)95/h39-41,43-57,93-94,96-102H,22-38H2,1-21H3,(H,79,105)(H,80,106)(H,81,111)(H,82,95)(H,83,107)(H,84,103)(H,85,104)(H,86,108)(H,87,112)(H,88,110). The lowest BCUT2D eigenvalue weighted by Gasteiger charge is -2.39. The molecule has 0 aliphatic carbocycles. The summed E-state index contributed by atoms with van der Waals surface area (Å²) in [6, 6.07) is -9.78. The third-order valence-corrected chi connectivity index (χ3v) is 22.9. The molecule has 0 aromatic carbocycles. The zero-order valence-corrected chi connectivity index (χ0v) is 71.8. The minimum Gasteiger partial charge on any atom is -0.455 e. The molecule has 20 unspecified atom stereocenters. The monoisotopic (exact) mass is 1670 g/mol. The summed E-state index contributed by atoms with van der Waals surface area (Å²) in [5.74, 6) is -14.1. The average molecular weight is 1670 g/mol. The largest absolute Gasteiger partial charge is 0.455 e. The molecule has 39 nitrogen and oxygen atoms in total. The topological polar surface area (TPSA) is 581 Å². The van der Waals surface area contributed by atoms with Gasteiger partial charge in [0, 0.05) is 58.8 Å². The molecular formula is C78H134N14O25. The molecule has 0 saturated carbocycles. The van der Waals surface area contributed by atoms with Crippen LogP contribution in [0, 0.1) is 17.8 Å². The molecule has 4 saturated heterocycles. The third-order valence-electron chi connectivity index (χ3n) is 22.9. The quantitative estimate of drug-likeness (QED) is 0.0256. The Morgan fingerprint density at radius 1 is 0.402 bits per heavy atom. The first-order chi connectivity index (χ1) is 53.9. The molecule has 0 radical (unpaired) electrons. The van der Waals surface area contributed by atoms with E-state index in [0.29, 0.717) is 0 Å². The molecule has 19 N–H and O–H groups in total. The zero-order valence-electron chi connectivity index (χ0n) is 71.8. The van der Waals surface area contributed by atoms with Gasteiger partial charge in [0.1, 0.15) is 99.4 Å². The SMILES string of the molecule is CCC(C)C(NC(=O)C(C)(CC)NC(=O)C1CC(O)CN1C(=O)C(C)(C)NC(=O)C(C)(CC)NC(=O)C(C)(C)NC(=O)C1CC(O)CN1C(=O)C(C)(CC)NC(=O)C(CC(C)C)NC(=O)C1CC(O)CN1C(=O)C(C)(CC)NC(=O)C(CC(C)C)NC(=O)C1CC(O)CN1C(=O)C(C)(C)NC(C)=O)C(=O)OC(C(O)CO)C(O)C(O)CO. The molecule has 4 aliphatic rings. The van der Waals surface area contributed by atoms with Crippen LogP contribution in [0.4, 0.5) is 0 Å². The Balaban J connectivity index is 1.48. The first kappa shape index (κ1) is 101. The maximum atomic E-state index is 14.9. The molecule has 39 heteroatoms. The van der Waals surface area contributed by atoms with Crippen molar-refractivity contribution in [3.63, 3.8) is 0 Å². The van der Waals surface area contributed by atoms with Gasteiger partial charge in [0.15, 0.2) is 6.10 Å². The van der Waals surface area contributed by atoms with Crippen LogP contribution in [0.1, 0.15) is 216 Å². The Kier molecular flexibility index (Phi) is 35.5. The van der Waals surface area contributed by atoms with Crippen LogP contribution < -0.4 is 53.2 Å². The van der Waals surface area contributed by atoms with Crippen molar-refractivity contribution in [2.45, 2.75) is 346 Å². The van der Waals surface area contributed by atoms with E-state index < -0.39 is 251 Å². The molecular weight excluding hydrogens is 1530 g/mol. The summed E-state index contributed by atoms with van der Waals surface area (Å²) in [5.41, 5.74) is -12.6. The lowest BCUT2D eigenvalue weighted by molar-refractivity contribution is -0.181. The van der Waals surface area contributed by atoms with Gasteiger partial charge in [-0.05, 0) is 126 Å². The number of aliphatic hydroxyl groups excluding tert-OH is 9. The van der Waals surface area contributed by atoms with Crippen molar-refractivity contribution in [3.05, 3.63) is 0 Å². The van der Waals surface area contributed by atoms with Crippen LogP contribution in [0.3, 0.4) is 0 Å². The molecule has 4 fully saturated rings. The number of nitrogens with one attached hydrogen (secondary N) is 10. The van der Waals surface area contributed by atoms with Crippen LogP contribution >= 0.6 is 0 Å². The van der Waals surface area contributed by atoms with Crippen molar-refractivity contribution >= 4 is 88.7 Å². The second-order valence-corrected chi connectivity index (χ2v) is 35.2. The molecule has 0 spiro atoms. The molecule has 0 aromatic heterocycles. The number of hydrogen-bond donors (Lipinski definition) is 19. The molecule has 14 amide bonds. The van der Waals surface area contributed by atoms with Gasteiger partial charge < -0.3 is 123 Å². The van der Waals surface area contributed by atoms with Crippen molar-refractivity contribution in [1.82, 2.24) is 72.8 Å². The zero-order chi connectivity index (χ0) is 89.7. The van der Waals surface area contributed by atoms with Crippen molar-refractivity contribution in [2.75, 3.05) is 39.4 Å². The molecule has 4 rings (SSSR count). The maximum Gasteiger partial charge on any atom is 0.329 e. The highest BCUT2D eigenvalue weighted by Gasteiger charge is 2.54. The normalized spacial score (nSPS) is 23.9.